The van der Waals surface area contributed by atoms with Crippen LogP contribution in [0.25, 0.3) is 0 Å². The zero-order valence-electron chi connectivity index (χ0n) is 20.3. The van der Waals surface area contributed by atoms with Gasteiger partial charge in [-0.25, -0.2) is 0 Å². The lowest BCUT2D eigenvalue weighted by Gasteiger charge is -2.34. The van der Waals surface area contributed by atoms with Crippen LogP contribution in [-0.4, -0.2) is 53.8 Å². The van der Waals surface area contributed by atoms with E-state index in [1.807, 2.05) is 11.0 Å². The molecule has 1 aromatic carbocycles. The SMILES string of the molecule is CN[C@@H](C)C(=O)N[C@H]1CCCCC[C@H]2CC[C@@H](C(=O)N[C@@H]3CCCc4ccccc43)N2C1=O.Cl. The van der Waals surface area contributed by atoms with E-state index in [2.05, 4.69) is 34.1 Å². The van der Waals surface area contributed by atoms with Gasteiger partial charge in [0.05, 0.1) is 12.1 Å². The molecular weight excluding hydrogens is 452 g/mol. The first-order chi connectivity index (χ1) is 16.0. The normalized spacial score (nSPS) is 27.7. The summed E-state index contributed by atoms with van der Waals surface area (Å²) in [5.74, 6) is -0.327. The number of carbonyl (C=O) groups is 3. The minimum atomic E-state index is -0.572. The number of benzene rings is 1. The zero-order valence-corrected chi connectivity index (χ0v) is 21.2. The van der Waals surface area contributed by atoms with Crippen LogP contribution in [0.4, 0.5) is 0 Å². The molecule has 0 bridgehead atoms. The molecule has 0 unspecified atom stereocenters. The number of amides is 3. The number of hydrogen-bond acceptors (Lipinski definition) is 4. The lowest BCUT2D eigenvalue weighted by molar-refractivity contribution is -0.143. The predicted octanol–water partition coefficient (Wildman–Crippen LogP) is 3.02. The standard InChI is InChI=1S/C26H38N4O3.ClH/c1-17(27-2)24(31)29-22-13-5-3-4-11-19-15-16-23(30(19)26(22)33)25(32)28-21-14-8-10-18-9-6-7-12-20(18)21;/h6-7,9,12,17,19,21-23,27H,3-5,8,10-11,13-16H2,1-2H3,(H,28,32)(H,29,31);1H/t17-,19-,21+,22-,23-;/m0./s1. The second kappa shape index (κ2) is 12.0. The fourth-order valence-electron chi connectivity index (χ4n) is 5.70. The van der Waals surface area contributed by atoms with Gasteiger partial charge >= 0.3 is 0 Å². The Morgan fingerprint density at radius 2 is 1.68 bits per heavy atom. The van der Waals surface area contributed by atoms with Crippen molar-refractivity contribution in [3.63, 3.8) is 0 Å². The molecule has 2 fully saturated rings. The van der Waals surface area contributed by atoms with Crippen molar-refractivity contribution in [1.82, 2.24) is 20.9 Å². The van der Waals surface area contributed by atoms with Crippen LogP contribution in [-0.2, 0) is 20.8 Å². The summed E-state index contributed by atoms with van der Waals surface area (Å²) >= 11 is 0. The minimum absolute atomic E-state index is 0. The van der Waals surface area contributed by atoms with E-state index in [9.17, 15) is 14.4 Å². The van der Waals surface area contributed by atoms with E-state index in [0.29, 0.717) is 12.8 Å². The fourth-order valence-corrected chi connectivity index (χ4v) is 5.70. The molecule has 4 rings (SSSR count). The van der Waals surface area contributed by atoms with Crippen LogP contribution in [0, 0.1) is 0 Å². The van der Waals surface area contributed by atoms with Gasteiger partial charge in [0.15, 0.2) is 0 Å². The molecule has 1 aliphatic carbocycles. The first-order valence-corrected chi connectivity index (χ1v) is 12.7. The third-order valence-electron chi connectivity index (χ3n) is 7.72. The highest BCUT2D eigenvalue weighted by molar-refractivity contribution is 5.93. The van der Waals surface area contributed by atoms with E-state index < -0.39 is 12.1 Å². The van der Waals surface area contributed by atoms with Crippen LogP contribution < -0.4 is 16.0 Å². The molecule has 2 heterocycles. The Bertz CT molecular complexity index is 879. The number of rotatable bonds is 5. The molecule has 3 N–H and O–H groups in total. The number of fused-ring (bicyclic) bond motifs is 2. The summed E-state index contributed by atoms with van der Waals surface area (Å²) < 4.78 is 0. The van der Waals surface area contributed by atoms with Crippen molar-refractivity contribution in [2.24, 2.45) is 0 Å². The second-order valence-electron chi connectivity index (χ2n) is 9.85. The Balaban J connectivity index is 0.00000324. The molecule has 0 aromatic heterocycles. The maximum absolute atomic E-state index is 13.7. The van der Waals surface area contributed by atoms with E-state index in [-0.39, 0.29) is 48.3 Å². The van der Waals surface area contributed by atoms with Crippen molar-refractivity contribution in [3.8, 4) is 0 Å². The largest absolute Gasteiger partial charge is 0.347 e. The molecular formula is C26H39ClN4O3. The molecule has 34 heavy (non-hydrogen) atoms. The van der Waals surface area contributed by atoms with E-state index in [1.165, 1.54) is 11.1 Å². The quantitative estimate of drug-likeness (QED) is 0.591. The van der Waals surface area contributed by atoms with Crippen LogP contribution in [0.5, 0.6) is 0 Å². The molecule has 0 spiro atoms. The third-order valence-corrected chi connectivity index (χ3v) is 7.72. The van der Waals surface area contributed by atoms with Crippen molar-refractivity contribution in [3.05, 3.63) is 35.4 Å². The van der Waals surface area contributed by atoms with Crippen molar-refractivity contribution < 1.29 is 14.4 Å². The molecule has 3 amide bonds. The highest BCUT2D eigenvalue weighted by Gasteiger charge is 2.44. The number of nitrogens with zero attached hydrogens (tertiary/aromatic N) is 1. The Morgan fingerprint density at radius 3 is 2.47 bits per heavy atom. The maximum Gasteiger partial charge on any atom is 0.246 e. The van der Waals surface area contributed by atoms with Gasteiger partial charge in [-0.2, -0.15) is 0 Å². The molecule has 3 aliphatic rings. The maximum atomic E-state index is 13.7. The van der Waals surface area contributed by atoms with Gasteiger partial charge in [0, 0.05) is 6.04 Å². The van der Waals surface area contributed by atoms with Crippen LogP contribution in [0.2, 0.25) is 0 Å². The van der Waals surface area contributed by atoms with E-state index >= 15 is 0 Å². The van der Waals surface area contributed by atoms with Gasteiger partial charge in [-0.1, -0.05) is 43.5 Å². The fraction of sp³-hybridized carbons (Fsp3) is 0.654. The van der Waals surface area contributed by atoms with Crippen molar-refractivity contribution in [2.45, 2.75) is 101 Å². The smallest absolute Gasteiger partial charge is 0.246 e. The van der Waals surface area contributed by atoms with Crippen LogP contribution in [0.3, 0.4) is 0 Å². The first kappa shape index (κ1) is 26.5. The summed E-state index contributed by atoms with van der Waals surface area (Å²) in [5, 5.41) is 9.17. The molecule has 8 heteroatoms. The molecule has 7 nitrogen and oxygen atoms in total. The third kappa shape index (κ3) is 5.74. The average molecular weight is 491 g/mol. The molecule has 2 aliphatic heterocycles. The number of aryl methyl sites for hydroxylation is 1. The predicted molar refractivity (Wildman–Crippen MR) is 135 cm³/mol. The van der Waals surface area contributed by atoms with Crippen LogP contribution in [0.1, 0.15) is 81.9 Å². The summed E-state index contributed by atoms with van der Waals surface area (Å²) in [6.45, 7) is 1.78. The summed E-state index contributed by atoms with van der Waals surface area (Å²) in [6, 6.07) is 7.00. The molecule has 0 saturated carbocycles. The highest BCUT2D eigenvalue weighted by atomic mass is 35.5. The average Bonchev–Trinajstić information content (AvgIpc) is 3.27. The van der Waals surface area contributed by atoms with Gasteiger partial charge in [0.2, 0.25) is 17.7 Å². The summed E-state index contributed by atoms with van der Waals surface area (Å²) in [6.07, 6.45) is 9.09. The zero-order chi connectivity index (χ0) is 23.4. The van der Waals surface area contributed by atoms with Crippen LogP contribution in [0.15, 0.2) is 24.3 Å². The van der Waals surface area contributed by atoms with Gasteiger partial charge in [-0.15, -0.1) is 12.4 Å². The topological polar surface area (TPSA) is 90.5 Å². The van der Waals surface area contributed by atoms with Crippen molar-refractivity contribution in [2.75, 3.05) is 7.05 Å². The Morgan fingerprint density at radius 1 is 0.941 bits per heavy atom. The summed E-state index contributed by atoms with van der Waals surface area (Å²) in [5.41, 5.74) is 2.51. The summed E-state index contributed by atoms with van der Waals surface area (Å²) in [4.78, 5) is 41.5. The number of carbonyl (C=O) groups excluding carboxylic acids is 3. The first-order valence-electron chi connectivity index (χ1n) is 12.7. The Labute approximate surface area is 209 Å². The van der Waals surface area contributed by atoms with Crippen LogP contribution >= 0.6 is 12.4 Å². The van der Waals surface area contributed by atoms with Gasteiger partial charge in [0.25, 0.3) is 0 Å². The Hall–Kier alpha value is -2.12. The van der Waals surface area contributed by atoms with Gasteiger partial charge < -0.3 is 20.9 Å². The number of halogens is 1. The van der Waals surface area contributed by atoms with E-state index in [1.54, 1.807) is 14.0 Å². The van der Waals surface area contributed by atoms with Crippen molar-refractivity contribution in [1.29, 1.82) is 0 Å². The molecule has 5 atom stereocenters. The minimum Gasteiger partial charge on any atom is -0.347 e. The van der Waals surface area contributed by atoms with Gasteiger partial charge in [-0.3, -0.25) is 14.4 Å². The monoisotopic (exact) mass is 490 g/mol. The molecule has 0 radical (unpaired) electrons. The second-order valence-corrected chi connectivity index (χ2v) is 9.85. The molecule has 2 saturated heterocycles. The van der Waals surface area contributed by atoms with Gasteiger partial charge in [0.1, 0.15) is 12.1 Å². The van der Waals surface area contributed by atoms with Crippen molar-refractivity contribution >= 4 is 30.1 Å². The lowest BCUT2D eigenvalue weighted by atomic mass is 9.87. The number of nitrogens with one attached hydrogen (secondary N) is 3. The number of hydrogen-bond donors (Lipinski definition) is 3. The molecule has 188 valence electrons. The van der Waals surface area contributed by atoms with E-state index in [4.69, 9.17) is 0 Å². The van der Waals surface area contributed by atoms with Gasteiger partial charge in [-0.05, 0) is 70.0 Å². The highest BCUT2D eigenvalue weighted by Crippen LogP contribution is 2.33. The molecule has 1 aromatic rings. The number of likely N-dealkylation sites (N-methyl/N-ethyl adjacent to an activating group) is 1. The summed E-state index contributed by atoms with van der Waals surface area (Å²) in [7, 11) is 1.73. The lowest BCUT2D eigenvalue weighted by Crippen LogP contribution is -2.57. The van der Waals surface area contributed by atoms with E-state index in [0.717, 1.165) is 51.4 Å². The Kier molecular flexibility index (Phi) is 9.37.